The van der Waals surface area contributed by atoms with E-state index in [1.54, 1.807) is 23.1 Å². The third kappa shape index (κ3) is 4.54. The molecule has 1 aromatic rings. The van der Waals surface area contributed by atoms with Gasteiger partial charge in [0.15, 0.2) is 0 Å². The third-order valence-corrected chi connectivity index (χ3v) is 5.96. The Bertz CT molecular complexity index is 854. The van der Waals surface area contributed by atoms with Crippen LogP contribution < -0.4 is 14.2 Å². The van der Waals surface area contributed by atoms with Gasteiger partial charge in [0.05, 0.1) is 31.8 Å². The highest BCUT2D eigenvalue weighted by Crippen LogP contribution is 2.39. The van der Waals surface area contributed by atoms with Gasteiger partial charge in [-0.2, -0.15) is 0 Å². The number of hydrogen-bond donors (Lipinski definition) is 0. The molecule has 0 spiro atoms. The van der Waals surface area contributed by atoms with Gasteiger partial charge in [-0.1, -0.05) is 0 Å². The van der Waals surface area contributed by atoms with Crippen LogP contribution in [0.25, 0.3) is 6.08 Å². The topological polar surface area (TPSA) is 88.6 Å². The second-order valence-electron chi connectivity index (χ2n) is 6.90. The zero-order chi connectivity index (χ0) is 21.8. The standard InChI is InChI=1S/C20H25N3O6S/c1-21-5-7-22(8-6-21)18(24)12-23-19(25)17(30-20(23)26)11-14-15(28-3)9-13(27-2)10-16(14)29-4/h9-11H,5-8,12H2,1-4H3. The van der Waals surface area contributed by atoms with Gasteiger partial charge in [-0.25, -0.2) is 0 Å². The number of carbonyl (C=O) groups excluding carboxylic acids is 3. The Morgan fingerprint density at radius 1 is 1.03 bits per heavy atom. The van der Waals surface area contributed by atoms with Gasteiger partial charge in [-0.05, 0) is 24.9 Å². The molecule has 2 heterocycles. The molecule has 0 aliphatic carbocycles. The van der Waals surface area contributed by atoms with Gasteiger partial charge in [0.25, 0.3) is 11.1 Å². The minimum Gasteiger partial charge on any atom is -0.496 e. The second-order valence-corrected chi connectivity index (χ2v) is 7.89. The summed E-state index contributed by atoms with van der Waals surface area (Å²) < 4.78 is 16.0. The number of benzene rings is 1. The highest BCUT2D eigenvalue weighted by molar-refractivity contribution is 8.18. The van der Waals surface area contributed by atoms with Crippen LogP contribution in [-0.4, -0.2) is 92.9 Å². The summed E-state index contributed by atoms with van der Waals surface area (Å²) in [5.41, 5.74) is 0.511. The highest BCUT2D eigenvalue weighted by atomic mass is 32.2. The summed E-state index contributed by atoms with van der Waals surface area (Å²) in [6.45, 7) is 2.45. The molecule has 2 saturated heterocycles. The van der Waals surface area contributed by atoms with E-state index in [4.69, 9.17) is 14.2 Å². The van der Waals surface area contributed by atoms with Crippen LogP contribution in [0.5, 0.6) is 17.2 Å². The van der Waals surface area contributed by atoms with Crippen molar-refractivity contribution in [3.8, 4) is 17.2 Å². The molecular formula is C20H25N3O6S. The lowest BCUT2D eigenvalue weighted by Gasteiger charge is -2.33. The van der Waals surface area contributed by atoms with Crippen molar-refractivity contribution in [3.05, 3.63) is 22.6 Å². The van der Waals surface area contributed by atoms with Crippen LogP contribution in [-0.2, 0) is 9.59 Å². The van der Waals surface area contributed by atoms with Gasteiger partial charge in [0, 0.05) is 38.3 Å². The fourth-order valence-electron chi connectivity index (χ4n) is 3.23. The molecule has 0 aromatic heterocycles. The van der Waals surface area contributed by atoms with E-state index in [2.05, 4.69) is 4.90 Å². The van der Waals surface area contributed by atoms with Crippen LogP contribution in [0.1, 0.15) is 5.56 Å². The number of piperazine rings is 1. The second kappa shape index (κ2) is 9.40. The fraction of sp³-hybridized carbons (Fsp3) is 0.450. The molecule has 162 valence electrons. The maximum absolute atomic E-state index is 12.8. The van der Waals surface area contributed by atoms with Crippen LogP contribution in [0.3, 0.4) is 0 Å². The first-order valence-corrected chi connectivity index (χ1v) is 10.2. The predicted octanol–water partition coefficient (Wildman–Crippen LogP) is 1.52. The molecular weight excluding hydrogens is 410 g/mol. The Kier molecular flexibility index (Phi) is 6.88. The Hall–Kier alpha value is -2.72. The summed E-state index contributed by atoms with van der Waals surface area (Å²) in [4.78, 5) is 42.8. The van der Waals surface area contributed by atoms with Crippen molar-refractivity contribution < 1.29 is 28.6 Å². The van der Waals surface area contributed by atoms with E-state index in [-0.39, 0.29) is 17.4 Å². The molecule has 0 unspecified atom stereocenters. The van der Waals surface area contributed by atoms with Crippen LogP contribution in [0.4, 0.5) is 4.79 Å². The van der Waals surface area contributed by atoms with Gasteiger partial charge >= 0.3 is 0 Å². The molecule has 0 radical (unpaired) electrons. The van der Waals surface area contributed by atoms with E-state index in [1.165, 1.54) is 21.3 Å². The fourth-order valence-corrected chi connectivity index (χ4v) is 4.05. The van der Waals surface area contributed by atoms with Gasteiger partial charge in [-0.3, -0.25) is 19.3 Å². The number of ether oxygens (including phenoxy) is 3. The van der Waals surface area contributed by atoms with Crippen molar-refractivity contribution in [2.75, 3.05) is 61.1 Å². The Morgan fingerprint density at radius 3 is 2.17 bits per heavy atom. The van der Waals surface area contributed by atoms with Crippen LogP contribution >= 0.6 is 11.8 Å². The average Bonchev–Trinajstić information content (AvgIpc) is 3.01. The Morgan fingerprint density at radius 2 is 1.63 bits per heavy atom. The molecule has 30 heavy (non-hydrogen) atoms. The molecule has 3 rings (SSSR count). The van der Waals surface area contributed by atoms with Crippen molar-refractivity contribution in [3.63, 3.8) is 0 Å². The summed E-state index contributed by atoms with van der Waals surface area (Å²) in [6, 6.07) is 3.32. The molecule has 0 atom stereocenters. The number of thioether (sulfide) groups is 1. The molecule has 9 nitrogen and oxygen atoms in total. The largest absolute Gasteiger partial charge is 0.496 e. The summed E-state index contributed by atoms with van der Waals surface area (Å²) in [7, 11) is 6.50. The molecule has 2 aliphatic rings. The molecule has 0 N–H and O–H groups in total. The predicted molar refractivity (Wildman–Crippen MR) is 113 cm³/mol. The lowest BCUT2D eigenvalue weighted by atomic mass is 10.1. The Balaban J connectivity index is 1.81. The molecule has 3 amide bonds. The minimum atomic E-state index is -0.507. The SMILES string of the molecule is COc1cc(OC)c(C=C2SC(=O)N(CC(=O)N3CCN(C)CC3)C2=O)c(OC)c1. The number of rotatable bonds is 6. The zero-order valence-corrected chi connectivity index (χ0v) is 18.3. The number of methoxy groups -OCH3 is 3. The zero-order valence-electron chi connectivity index (χ0n) is 17.5. The van der Waals surface area contributed by atoms with Crippen molar-refractivity contribution in [2.45, 2.75) is 0 Å². The summed E-state index contributed by atoms with van der Waals surface area (Å²) in [5, 5.41) is -0.472. The summed E-state index contributed by atoms with van der Waals surface area (Å²) >= 11 is 0.791. The number of nitrogens with zero attached hydrogens (tertiary/aromatic N) is 3. The first-order valence-electron chi connectivity index (χ1n) is 9.39. The lowest BCUT2D eigenvalue weighted by Crippen LogP contribution is -2.50. The quantitative estimate of drug-likeness (QED) is 0.622. The molecule has 10 heteroatoms. The van der Waals surface area contributed by atoms with E-state index >= 15 is 0 Å². The highest BCUT2D eigenvalue weighted by Gasteiger charge is 2.37. The van der Waals surface area contributed by atoms with E-state index in [0.29, 0.717) is 35.9 Å². The van der Waals surface area contributed by atoms with Crippen molar-refractivity contribution in [1.82, 2.24) is 14.7 Å². The summed E-state index contributed by atoms with van der Waals surface area (Å²) in [5.74, 6) is 0.670. The van der Waals surface area contributed by atoms with Gasteiger partial charge < -0.3 is 24.0 Å². The van der Waals surface area contributed by atoms with Gasteiger partial charge in [0.2, 0.25) is 5.91 Å². The number of likely N-dealkylation sites (N-methyl/N-ethyl adjacent to an activating group) is 1. The average molecular weight is 436 g/mol. The molecule has 2 aliphatic heterocycles. The smallest absolute Gasteiger partial charge is 0.294 e. The minimum absolute atomic E-state index is 0.202. The van der Waals surface area contributed by atoms with Crippen molar-refractivity contribution >= 4 is 34.9 Å². The number of amides is 3. The number of imide groups is 1. The Labute approximate surface area is 179 Å². The van der Waals surface area contributed by atoms with Crippen LogP contribution in [0, 0.1) is 0 Å². The summed E-state index contributed by atoms with van der Waals surface area (Å²) in [6.07, 6.45) is 1.54. The molecule has 0 saturated carbocycles. The molecule has 2 fully saturated rings. The van der Waals surface area contributed by atoms with E-state index in [1.807, 2.05) is 7.05 Å². The number of hydrogen-bond acceptors (Lipinski definition) is 8. The van der Waals surface area contributed by atoms with Crippen molar-refractivity contribution in [2.24, 2.45) is 0 Å². The third-order valence-electron chi connectivity index (χ3n) is 5.05. The van der Waals surface area contributed by atoms with Crippen molar-refractivity contribution in [1.29, 1.82) is 0 Å². The normalized spacial score (nSPS) is 18.9. The number of carbonyl (C=O) groups is 3. The van der Waals surface area contributed by atoms with E-state index in [9.17, 15) is 14.4 Å². The lowest BCUT2D eigenvalue weighted by molar-refractivity contribution is -0.137. The monoisotopic (exact) mass is 435 g/mol. The first kappa shape index (κ1) is 22.0. The molecule has 0 bridgehead atoms. The maximum Gasteiger partial charge on any atom is 0.294 e. The first-order chi connectivity index (χ1) is 14.4. The maximum atomic E-state index is 12.8. The van der Waals surface area contributed by atoms with Gasteiger partial charge in [-0.15, -0.1) is 0 Å². The van der Waals surface area contributed by atoms with Gasteiger partial charge in [0.1, 0.15) is 23.8 Å². The van der Waals surface area contributed by atoms with Crippen LogP contribution in [0.15, 0.2) is 17.0 Å². The van der Waals surface area contributed by atoms with E-state index in [0.717, 1.165) is 29.8 Å². The molecule has 1 aromatic carbocycles. The van der Waals surface area contributed by atoms with Crippen LogP contribution in [0.2, 0.25) is 0 Å². The van der Waals surface area contributed by atoms with E-state index < -0.39 is 11.1 Å².